The van der Waals surface area contributed by atoms with Gasteiger partial charge in [-0.2, -0.15) is 18.7 Å². The number of fused-ring (bicyclic) bond motifs is 1. The Labute approximate surface area is 178 Å². The highest BCUT2D eigenvalue weighted by atomic mass is 32.2. The first-order valence-corrected chi connectivity index (χ1v) is 11.3. The van der Waals surface area contributed by atoms with Crippen molar-refractivity contribution in [1.29, 1.82) is 5.26 Å². The van der Waals surface area contributed by atoms with Crippen LogP contribution in [0.2, 0.25) is 0 Å². The van der Waals surface area contributed by atoms with Gasteiger partial charge in [0.05, 0.1) is 22.5 Å². The molecule has 0 radical (unpaired) electrons. The molecule has 0 spiro atoms. The minimum absolute atomic E-state index is 0.0273. The number of aromatic nitrogens is 2. The maximum absolute atomic E-state index is 12.8. The lowest BCUT2D eigenvalue weighted by Gasteiger charge is -2.10. The number of hydrogen-bond donors (Lipinski definition) is 0. The van der Waals surface area contributed by atoms with Crippen LogP contribution in [0.15, 0.2) is 88.9 Å². The third-order valence-corrected chi connectivity index (χ3v) is 6.36. The normalized spacial score (nSPS) is 11.2. The summed E-state index contributed by atoms with van der Waals surface area (Å²) < 4.78 is 30.9. The molecule has 0 bridgehead atoms. The van der Waals surface area contributed by atoms with Crippen molar-refractivity contribution < 1.29 is 12.6 Å². The van der Waals surface area contributed by atoms with E-state index in [9.17, 15) is 8.42 Å². The molecule has 0 saturated heterocycles. The van der Waals surface area contributed by atoms with Gasteiger partial charge in [-0.1, -0.05) is 54.2 Å². The first kappa shape index (κ1) is 19.9. The molecule has 0 N–H and O–H groups in total. The van der Waals surface area contributed by atoms with Gasteiger partial charge in [-0.15, -0.1) is 0 Å². The quantitative estimate of drug-likeness (QED) is 0.250. The van der Waals surface area contributed by atoms with Crippen LogP contribution in [0, 0.1) is 11.3 Å². The summed E-state index contributed by atoms with van der Waals surface area (Å²) in [5.74, 6) is 0.613. The number of nitrogens with zero attached hydrogens (tertiary/aromatic N) is 3. The highest BCUT2D eigenvalue weighted by molar-refractivity contribution is 7.98. The third kappa shape index (κ3) is 4.43. The zero-order valence-corrected chi connectivity index (χ0v) is 17.2. The predicted molar refractivity (Wildman–Crippen MR) is 115 cm³/mol. The first-order chi connectivity index (χ1) is 14.5. The van der Waals surface area contributed by atoms with Gasteiger partial charge in [0.25, 0.3) is 0 Å². The molecule has 148 valence electrons. The highest BCUT2D eigenvalue weighted by Crippen LogP contribution is 2.29. The topological polar surface area (TPSA) is 92.9 Å². The molecule has 0 saturated carbocycles. The van der Waals surface area contributed by atoms with Gasteiger partial charge in [-0.25, -0.2) is 4.98 Å². The van der Waals surface area contributed by atoms with E-state index in [0.717, 1.165) is 5.56 Å². The molecule has 0 atom stereocenters. The van der Waals surface area contributed by atoms with Crippen molar-refractivity contribution in [3.8, 4) is 11.9 Å². The van der Waals surface area contributed by atoms with Gasteiger partial charge in [0, 0.05) is 5.75 Å². The van der Waals surface area contributed by atoms with Crippen molar-refractivity contribution in [2.24, 2.45) is 0 Å². The van der Waals surface area contributed by atoms with Crippen molar-refractivity contribution >= 4 is 32.8 Å². The van der Waals surface area contributed by atoms with E-state index < -0.39 is 10.1 Å². The van der Waals surface area contributed by atoms with E-state index in [1.54, 1.807) is 18.2 Å². The Hall–Kier alpha value is -3.41. The van der Waals surface area contributed by atoms with Gasteiger partial charge in [-0.05, 0) is 42.0 Å². The fourth-order valence-electron chi connectivity index (χ4n) is 2.73. The maximum Gasteiger partial charge on any atom is 0.340 e. The Kier molecular flexibility index (Phi) is 5.65. The molecule has 0 fully saturated rings. The molecule has 1 heterocycles. The van der Waals surface area contributed by atoms with Crippen LogP contribution in [0.5, 0.6) is 5.88 Å². The van der Waals surface area contributed by atoms with Crippen LogP contribution in [0.25, 0.3) is 10.9 Å². The number of rotatable bonds is 6. The van der Waals surface area contributed by atoms with Crippen molar-refractivity contribution in [2.75, 3.05) is 0 Å². The molecule has 4 rings (SSSR count). The first-order valence-electron chi connectivity index (χ1n) is 8.93. The molecule has 0 amide bonds. The van der Waals surface area contributed by atoms with Gasteiger partial charge < -0.3 is 4.18 Å². The summed E-state index contributed by atoms with van der Waals surface area (Å²) in [4.78, 5) is 8.82. The summed E-state index contributed by atoms with van der Waals surface area (Å²) in [6.45, 7) is 0. The molecule has 1 aromatic heterocycles. The Balaban J connectivity index is 1.67. The predicted octanol–water partition coefficient (Wildman–Crippen LogP) is 4.56. The molecule has 8 heteroatoms. The molecular formula is C22H15N3O3S2. The minimum Gasteiger partial charge on any atom is -0.357 e. The second-order valence-corrected chi connectivity index (χ2v) is 8.77. The Bertz CT molecular complexity index is 1330. The number of nitriles is 1. The fourth-order valence-corrected chi connectivity index (χ4v) is 4.42. The van der Waals surface area contributed by atoms with E-state index in [4.69, 9.17) is 9.44 Å². The SMILES string of the molecule is N#Cc1ccc(S(=O)(=O)Oc2nc(SCc3ccccc3)nc3ccccc23)cc1. The summed E-state index contributed by atoms with van der Waals surface area (Å²) >= 11 is 1.40. The van der Waals surface area contributed by atoms with Crippen LogP contribution in [0.3, 0.4) is 0 Å². The smallest absolute Gasteiger partial charge is 0.340 e. The van der Waals surface area contributed by atoms with Crippen LogP contribution in [0.4, 0.5) is 0 Å². The summed E-state index contributed by atoms with van der Waals surface area (Å²) in [5.41, 5.74) is 2.06. The molecule has 3 aromatic carbocycles. The molecule has 0 aliphatic heterocycles. The van der Waals surface area contributed by atoms with Crippen LogP contribution in [0.1, 0.15) is 11.1 Å². The van der Waals surface area contributed by atoms with Gasteiger partial charge in [0.2, 0.25) is 5.88 Å². The summed E-state index contributed by atoms with van der Waals surface area (Å²) in [6.07, 6.45) is 0. The number of hydrogen-bond acceptors (Lipinski definition) is 7. The standard InChI is InChI=1S/C22H15N3O3S2/c23-14-16-10-12-18(13-11-16)30(26,27)28-21-19-8-4-5-9-20(19)24-22(25-21)29-15-17-6-2-1-3-7-17/h1-13H,15H2. The summed E-state index contributed by atoms with van der Waals surface area (Å²) in [6, 6.07) is 24.4. The lowest BCUT2D eigenvalue weighted by Crippen LogP contribution is -2.11. The minimum atomic E-state index is -4.12. The van der Waals surface area contributed by atoms with E-state index in [-0.39, 0.29) is 10.8 Å². The Morgan fingerprint density at radius 1 is 0.900 bits per heavy atom. The van der Waals surface area contributed by atoms with Gasteiger partial charge in [-0.3, -0.25) is 0 Å². The van der Waals surface area contributed by atoms with Gasteiger partial charge in [0.15, 0.2) is 5.16 Å². The average Bonchev–Trinajstić information content (AvgIpc) is 2.78. The largest absolute Gasteiger partial charge is 0.357 e. The third-order valence-electron chi connectivity index (χ3n) is 4.22. The van der Waals surface area contributed by atoms with Crippen molar-refractivity contribution in [1.82, 2.24) is 9.97 Å². The molecule has 30 heavy (non-hydrogen) atoms. The number of para-hydroxylation sites is 1. The van der Waals surface area contributed by atoms with Gasteiger partial charge >= 0.3 is 10.1 Å². The number of thioether (sulfide) groups is 1. The van der Waals surface area contributed by atoms with Crippen LogP contribution in [-0.4, -0.2) is 18.4 Å². The zero-order valence-electron chi connectivity index (χ0n) is 15.6. The molecule has 4 aromatic rings. The average molecular weight is 434 g/mol. The van der Waals surface area contributed by atoms with E-state index in [1.165, 1.54) is 36.0 Å². The zero-order chi connectivity index (χ0) is 21.0. The summed E-state index contributed by atoms with van der Waals surface area (Å²) in [7, 11) is -4.12. The molecule has 0 aliphatic carbocycles. The number of benzene rings is 3. The van der Waals surface area contributed by atoms with E-state index in [0.29, 0.717) is 27.4 Å². The van der Waals surface area contributed by atoms with E-state index >= 15 is 0 Å². The Morgan fingerprint density at radius 2 is 1.60 bits per heavy atom. The lowest BCUT2D eigenvalue weighted by atomic mass is 10.2. The van der Waals surface area contributed by atoms with Crippen LogP contribution in [-0.2, 0) is 15.9 Å². The van der Waals surface area contributed by atoms with Crippen molar-refractivity contribution in [2.45, 2.75) is 15.8 Å². The Morgan fingerprint density at radius 3 is 2.33 bits per heavy atom. The monoisotopic (exact) mass is 433 g/mol. The maximum atomic E-state index is 12.8. The molecular weight excluding hydrogens is 418 g/mol. The second kappa shape index (κ2) is 8.53. The van der Waals surface area contributed by atoms with Crippen LogP contribution >= 0.6 is 11.8 Å². The molecule has 0 aliphatic rings. The fraction of sp³-hybridized carbons (Fsp3) is 0.0455. The van der Waals surface area contributed by atoms with Crippen LogP contribution < -0.4 is 4.18 Å². The second-order valence-electron chi connectivity index (χ2n) is 6.28. The van der Waals surface area contributed by atoms with Gasteiger partial charge in [0.1, 0.15) is 4.90 Å². The van der Waals surface area contributed by atoms with Crippen molar-refractivity contribution in [3.05, 3.63) is 90.0 Å². The van der Waals surface area contributed by atoms with E-state index in [2.05, 4.69) is 9.97 Å². The summed E-state index contributed by atoms with van der Waals surface area (Å²) in [5, 5.41) is 9.82. The highest BCUT2D eigenvalue weighted by Gasteiger charge is 2.20. The lowest BCUT2D eigenvalue weighted by molar-refractivity contribution is 0.476. The molecule has 6 nitrogen and oxygen atoms in total. The van der Waals surface area contributed by atoms with E-state index in [1.807, 2.05) is 42.5 Å². The van der Waals surface area contributed by atoms with Crippen molar-refractivity contribution in [3.63, 3.8) is 0 Å². The molecule has 0 unspecified atom stereocenters.